The third kappa shape index (κ3) is 1.54. The average molecular weight is 175 g/mol. The summed E-state index contributed by atoms with van der Waals surface area (Å²) in [6.45, 7) is 2.20. The van der Waals surface area contributed by atoms with Crippen LogP contribution in [0.15, 0.2) is 18.6 Å². The molecule has 0 spiro atoms. The summed E-state index contributed by atoms with van der Waals surface area (Å²) in [6, 6.07) is 2.07. The lowest BCUT2D eigenvalue weighted by molar-refractivity contribution is 0.797. The Morgan fingerprint density at radius 1 is 1.38 bits per heavy atom. The van der Waals surface area contributed by atoms with Crippen molar-refractivity contribution >= 4 is 11.2 Å². The molecule has 0 aliphatic rings. The van der Waals surface area contributed by atoms with Crippen molar-refractivity contribution in [3.05, 3.63) is 24.2 Å². The van der Waals surface area contributed by atoms with E-state index in [9.17, 15) is 0 Å². The number of unbranched alkanes of at least 4 members (excludes halogenated alkanes) is 1. The number of fused-ring (bicyclic) bond motifs is 1. The van der Waals surface area contributed by atoms with Gasteiger partial charge in [0.05, 0.1) is 11.8 Å². The molecule has 0 aliphatic heterocycles. The van der Waals surface area contributed by atoms with Crippen LogP contribution < -0.4 is 0 Å². The van der Waals surface area contributed by atoms with E-state index in [-0.39, 0.29) is 0 Å². The zero-order chi connectivity index (χ0) is 9.10. The number of aromatic nitrogens is 3. The molecule has 0 atom stereocenters. The fraction of sp³-hybridized carbons (Fsp3) is 0.400. The van der Waals surface area contributed by atoms with Crippen LogP contribution >= 0.6 is 0 Å². The van der Waals surface area contributed by atoms with E-state index in [0.717, 1.165) is 17.6 Å². The summed E-state index contributed by atoms with van der Waals surface area (Å²) < 4.78 is 0. The number of hydrogen-bond acceptors (Lipinski definition) is 2. The van der Waals surface area contributed by atoms with Gasteiger partial charge in [-0.3, -0.25) is 0 Å². The van der Waals surface area contributed by atoms with E-state index in [4.69, 9.17) is 0 Å². The van der Waals surface area contributed by atoms with Gasteiger partial charge in [0, 0.05) is 6.20 Å². The molecule has 0 fully saturated rings. The van der Waals surface area contributed by atoms with Gasteiger partial charge in [-0.05, 0) is 24.5 Å². The first-order chi connectivity index (χ1) is 6.42. The summed E-state index contributed by atoms with van der Waals surface area (Å²) in [7, 11) is 0. The summed E-state index contributed by atoms with van der Waals surface area (Å²) in [5.41, 5.74) is 3.24. The fourth-order valence-electron chi connectivity index (χ4n) is 1.48. The van der Waals surface area contributed by atoms with Gasteiger partial charge < -0.3 is 4.98 Å². The maximum atomic E-state index is 4.17. The van der Waals surface area contributed by atoms with E-state index in [1.54, 1.807) is 6.33 Å². The van der Waals surface area contributed by atoms with Gasteiger partial charge in [-0.25, -0.2) is 9.97 Å². The second-order valence-corrected chi connectivity index (χ2v) is 3.17. The van der Waals surface area contributed by atoms with Crippen molar-refractivity contribution < 1.29 is 0 Å². The molecule has 13 heavy (non-hydrogen) atoms. The second kappa shape index (κ2) is 3.56. The van der Waals surface area contributed by atoms with Gasteiger partial charge >= 0.3 is 0 Å². The highest BCUT2D eigenvalue weighted by atomic mass is 14.9. The van der Waals surface area contributed by atoms with Gasteiger partial charge in [0.15, 0.2) is 5.65 Å². The van der Waals surface area contributed by atoms with E-state index in [2.05, 4.69) is 27.9 Å². The number of nitrogens with one attached hydrogen (secondary N) is 1. The molecule has 2 rings (SSSR count). The van der Waals surface area contributed by atoms with Gasteiger partial charge in [0.25, 0.3) is 0 Å². The third-order valence-corrected chi connectivity index (χ3v) is 2.21. The Morgan fingerprint density at radius 3 is 3.15 bits per heavy atom. The summed E-state index contributed by atoms with van der Waals surface area (Å²) >= 11 is 0. The number of hydrogen-bond donors (Lipinski definition) is 1. The number of imidazole rings is 1. The number of rotatable bonds is 3. The molecule has 0 bridgehead atoms. The smallest absolute Gasteiger partial charge is 0.177 e. The predicted octanol–water partition coefficient (Wildman–Crippen LogP) is 2.30. The minimum atomic E-state index is 0.827. The molecule has 1 N–H and O–H groups in total. The fourth-order valence-corrected chi connectivity index (χ4v) is 1.48. The molecule has 3 heteroatoms. The molecule has 0 saturated heterocycles. The molecule has 68 valence electrons. The third-order valence-electron chi connectivity index (χ3n) is 2.21. The number of aromatic amines is 1. The van der Waals surface area contributed by atoms with E-state index >= 15 is 0 Å². The number of pyridine rings is 1. The van der Waals surface area contributed by atoms with E-state index < -0.39 is 0 Å². The molecule has 0 amide bonds. The highest BCUT2D eigenvalue weighted by molar-refractivity contribution is 5.73. The van der Waals surface area contributed by atoms with Crippen molar-refractivity contribution in [3.63, 3.8) is 0 Å². The second-order valence-electron chi connectivity index (χ2n) is 3.17. The van der Waals surface area contributed by atoms with Crippen LogP contribution in [0.1, 0.15) is 25.3 Å². The first-order valence-electron chi connectivity index (χ1n) is 4.68. The van der Waals surface area contributed by atoms with Crippen molar-refractivity contribution in [3.8, 4) is 0 Å². The van der Waals surface area contributed by atoms with Crippen LogP contribution in [0.4, 0.5) is 0 Å². The normalized spacial score (nSPS) is 10.8. The van der Waals surface area contributed by atoms with Crippen molar-refractivity contribution in [1.82, 2.24) is 15.0 Å². The molecule has 0 radical (unpaired) electrons. The van der Waals surface area contributed by atoms with Crippen LogP contribution in [0.3, 0.4) is 0 Å². The Labute approximate surface area is 77.2 Å². The van der Waals surface area contributed by atoms with Gasteiger partial charge in [-0.2, -0.15) is 0 Å². The van der Waals surface area contributed by atoms with Gasteiger partial charge in [-0.1, -0.05) is 13.3 Å². The van der Waals surface area contributed by atoms with Crippen molar-refractivity contribution in [2.75, 3.05) is 0 Å². The molecule has 0 aliphatic carbocycles. The molecule has 0 unspecified atom stereocenters. The number of H-pyrrole nitrogens is 1. The van der Waals surface area contributed by atoms with Crippen molar-refractivity contribution in [2.24, 2.45) is 0 Å². The molecule has 0 saturated carbocycles. The van der Waals surface area contributed by atoms with Crippen LogP contribution in [0.5, 0.6) is 0 Å². The largest absolute Gasteiger partial charge is 0.343 e. The van der Waals surface area contributed by atoms with Gasteiger partial charge in [0.1, 0.15) is 0 Å². The highest BCUT2D eigenvalue weighted by Crippen LogP contribution is 2.14. The summed E-state index contributed by atoms with van der Waals surface area (Å²) in [4.78, 5) is 11.4. The van der Waals surface area contributed by atoms with Crippen LogP contribution in [0.2, 0.25) is 0 Å². The van der Waals surface area contributed by atoms with Crippen LogP contribution in [-0.2, 0) is 6.42 Å². The SMILES string of the molecule is CCCCc1ccnc2nc[nH]c12. The Hall–Kier alpha value is -1.38. The van der Waals surface area contributed by atoms with Gasteiger partial charge in [-0.15, -0.1) is 0 Å². The quantitative estimate of drug-likeness (QED) is 0.777. The summed E-state index contributed by atoms with van der Waals surface area (Å²) in [6.07, 6.45) is 7.08. The standard InChI is InChI=1S/C10H13N3/c1-2-3-4-8-5-6-11-10-9(8)12-7-13-10/h5-7H,2-4H2,1H3,(H,11,12,13). The Morgan fingerprint density at radius 2 is 2.31 bits per heavy atom. The Bertz CT molecular complexity index is 392. The lowest BCUT2D eigenvalue weighted by Crippen LogP contribution is -1.88. The maximum absolute atomic E-state index is 4.17. The number of nitrogens with zero attached hydrogens (tertiary/aromatic N) is 2. The number of aryl methyl sites for hydroxylation is 1. The predicted molar refractivity (Wildman–Crippen MR) is 52.5 cm³/mol. The first kappa shape index (κ1) is 8.23. The van der Waals surface area contributed by atoms with Crippen LogP contribution in [0, 0.1) is 0 Å². The van der Waals surface area contributed by atoms with Crippen LogP contribution in [-0.4, -0.2) is 15.0 Å². The summed E-state index contributed by atoms with van der Waals surface area (Å²) in [5.74, 6) is 0. The molecular weight excluding hydrogens is 162 g/mol. The maximum Gasteiger partial charge on any atom is 0.177 e. The first-order valence-corrected chi connectivity index (χ1v) is 4.68. The van der Waals surface area contributed by atoms with Crippen LogP contribution in [0.25, 0.3) is 11.2 Å². The summed E-state index contributed by atoms with van der Waals surface area (Å²) in [5, 5.41) is 0. The van der Waals surface area contributed by atoms with Crippen molar-refractivity contribution in [1.29, 1.82) is 0 Å². The van der Waals surface area contributed by atoms with Crippen molar-refractivity contribution in [2.45, 2.75) is 26.2 Å². The minimum absolute atomic E-state index is 0.827. The lowest BCUT2D eigenvalue weighted by Gasteiger charge is -1.99. The minimum Gasteiger partial charge on any atom is -0.343 e. The molecule has 2 aromatic heterocycles. The molecule has 2 heterocycles. The average Bonchev–Trinajstić information content (AvgIpc) is 2.62. The highest BCUT2D eigenvalue weighted by Gasteiger charge is 2.02. The van der Waals surface area contributed by atoms with Gasteiger partial charge in [0.2, 0.25) is 0 Å². The monoisotopic (exact) mass is 175 g/mol. The Balaban J connectivity index is 2.37. The van der Waals surface area contributed by atoms with E-state index in [1.165, 1.54) is 18.4 Å². The van der Waals surface area contributed by atoms with E-state index in [0.29, 0.717) is 0 Å². The zero-order valence-corrected chi connectivity index (χ0v) is 7.75. The molecular formula is C10H13N3. The molecule has 2 aromatic rings. The zero-order valence-electron chi connectivity index (χ0n) is 7.75. The lowest BCUT2D eigenvalue weighted by atomic mass is 10.1. The topological polar surface area (TPSA) is 41.6 Å². The molecule has 0 aromatic carbocycles. The van der Waals surface area contributed by atoms with E-state index in [1.807, 2.05) is 6.20 Å². The molecule has 3 nitrogen and oxygen atoms in total. The Kier molecular flexibility index (Phi) is 2.25.